The van der Waals surface area contributed by atoms with Gasteiger partial charge in [-0.3, -0.25) is 4.79 Å². The summed E-state index contributed by atoms with van der Waals surface area (Å²) in [5.41, 5.74) is 2.66. The first-order valence-electron chi connectivity index (χ1n) is 8.22. The zero-order valence-electron chi connectivity index (χ0n) is 14.7. The predicted octanol–water partition coefficient (Wildman–Crippen LogP) is 4.84. The SMILES string of the molecule is Cc1cc(OCCC(C#N)C(=O)NCc2ccccc2Cl)cc(C)c1Cl. The minimum atomic E-state index is -0.785. The van der Waals surface area contributed by atoms with Gasteiger partial charge in [0.25, 0.3) is 0 Å². The molecule has 136 valence electrons. The summed E-state index contributed by atoms with van der Waals surface area (Å²) in [5, 5.41) is 13.3. The average Bonchev–Trinajstić information content (AvgIpc) is 2.62. The van der Waals surface area contributed by atoms with Crippen LogP contribution >= 0.6 is 23.2 Å². The summed E-state index contributed by atoms with van der Waals surface area (Å²) >= 11 is 12.2. The fraction of sp³-hybridized carbons (Fsp3) is 0.300. The minimum Gasteiger partial charge on any atom is -0.494 e. The van der Waals surface area contributed by atoms with E-state index in [4.69, 9.17) is 27.9 Å². The number of hydrogen-bond acceptors (Lipinski definition) is 3. The van der Waals surface area contributed by atoms with Gasteiger partial charge in [0.15, 0.2) is 0 Å². The Kier molecular flexibility index (Phi) is 7.32. The topological polar surface area (TPSA) is 62.1 Å². The third-order valence-electron chi connectivity index (χ3n) is 3.97. The maximum absolute atomic E-state index is 12.2. The van der Waals surface area contributed by atoms with E-state index in [2.05, 4.69) is 5.32 Å². The highest BCUT2D eigenvalue weighted by molar-refractivity contribution is 6.32. The number of hydrogen-bond donors (Lipinski definition) is 1. The zero-order chi connectivity index (χ0) is 19.1. The molecule has 2 aromatic carbocycles. The van der Waals surface area contributed by atoms with Gasteiger partial charge in [-0.25, -0.2) is 0 Å². The van der Waals surface area contributed by atoms with E-state index in [1.54, 1.807) is 6.07 Å². The lowest BCUT2D eigenvalue weighted by Gasteiger charge is -2.13. The number of ether oxygens (including phenoxy) is 1. The summed E-state index contributed by atoms with van der Waals surface area (Å²) in [6.07, 6.45) is 0.297. The smallest absolute Gasteiger partial charge is 0.237 e. The Morgan fingerprint density at radius 1 is 1.23 bits per heavy atom. The van der Waals surface area contributed by atoms with Gasteiger partial charge in [0.05, 0.1) is 12.7 Å². The van der Waals surface area contributed by atoms with E-state index in [9.17, 15) is 10.1 Å². The normalized spacial score (nSPS) is 11.5. The second kappa shape index (κ2) is 9.47. The summed E-state index contributed by atoms with van der Waals surface area (Å²) in [7, 11) is 0. The van der Waals surface area contributed by atoms with Crippen LogP contribution in [0.3, 0.4) is 0 Å². The number of nitrogens with one attached hydrogen (secondary N) is 1. The highest BCUT2D eigenvalue weighted by Gasteiger charge is 2.18. The lowest BCUT2D eigenvalue weighted by molar-refractivity contribution is -0.123. The molecule has 26 heavy (non-hydrogen) atoms. The Morgan fingerprint density at radius 2 is 1.88 bits per heavy atom. The number of carbonyl (C=O) groups excluding carboxylic acids is 1. The minimum absolute atomic E-state index is 0.262. The Bertz CT molecular complexity index is 808. The number of amides is 1. The molecule has 0 spiro atoms. The predicted molar refractivity (Wildman–Crippen MR) is 103 cm³/mol. The first kappa shape index (κ1) is 20.1. The monoisotopic (exact) mass is 390 g/mol. The third kappa shape index (κ3) is 5.39. The molecule has 1 atom stereocenters. The summed E-state index contributed by atoms with van der Waals surface area (Å²) in [6.45, 7) is 4.36. The number of benzene rings is 2. The highest BCUT2D eigenvalue weighted by atomic mass is 35.5. The third-order valence-corrected chi connectivity index (χ3v) is 4.93. The van der Waals surface area contributed by atoms with Crippen LogP contribution in [-0.2, 0) is 11.3 Å². The lowest BCUT2D eigenvalue weighted by atomic mass is 10.1. The Labute approximate surface area is 163 Å². The van der Waals surface area contributed by atoms with Crippen LogP contribution in [0.1, 0.15) is 23.1 Å². The molecule has 0 aromatic heterocycles. The molecule has 1 amide bonds. The molecule has 1 unspecified atom stereocenters. The van der Waals surface area contributed by atoms with Crippen molar-refractivity contribution in [2.75, 3.05) is 6.61 Å². The van der Waals surface area contributed by atoms with Gasteiger partial charge in [-0.15, -0.1) is 0 Å². The molecule has 0 saturated carbocycles. The van der Waals surface area contributed by atoms with Gasteiger partial charge in [0, 0.05) is 23.0 Å². The molecule has 0 radical (unpaired) electrons. The first-order valence-corrected chi connectivity index (χ1v) is 8.98. The number of nitrogens with zero attached hydrogens (tertiary/aromatic N) is 1. The molecule has 2 rings (SSSR count). The standard InChI is InChI=1S/C20H20Cl2N2O2/c1-13-9-17(10-14(2)19(13)22)26-8-7-15(11-23)20(25)24-12-16-5-3-4-6-18(16)21/h3-6,9-10,15H,7-8,12H2,1-2H3,(H,24,25). The van der Waals surface area contributed by atoms with Gasteiger partial charge >= 0.3 is 0 Å². The van der Waals surface area contributed by atoms with Crippen molar-refractivity contribution in [3.63, 3.8) is 0 Å². The van der Waals surface area contributed by atoms with Crippen molar-refractivity contribution in [1.82, 2.24) is 5.32 Å². The number of carbonyl (C=O) groups is 1. The summed E-state index contributed by atoms with van der Waals surface area (Å²) in [6, 6.07) is 13.0. The van der Waals surface area contributed by atoms with E-state index in [1.165, 1.54) is 0 Å². The molecule has 4 nitrogen and oxygen atoms in total. The number of aryl methyl sites for hydroxylation is 2. The van der Waals surface area contributed by atoms with Crippen molar-refractivity contribution in [2.24, 2.45) is 5.92 Å². The van der Waals surface area contributed by atoms with Gasteiger partial charge in [-0.1, -0.05) is 41.4 Å². The second-order valence-corrected chi connectivity index (χ2v) is 6.78. The molecule has 2 aromatic rings. The first-order chi connectivity index (χ1) is 12.4. The fourth-order valence-corrected chi connectivity index (χ4v) is 2.80. The number of nitriles is 1. The molecule has 0 bridgehead atoms. The quantitative estimate of drug-likeness (QED) is 0.735. The fourth-order valence-electron chi connectivity index (χ4n) is 2.49. The van der Waals surface area contributed by atoms with Crippen molar-refractivity contribution in [3.05, 3.63) is 63.1 Å². The van der Waals surface area contributed by atoms with E-state index in [-0.39, 0.29) is 19.1 Å². The Morgan fingerprint density at radius 3 is 2.50 bits per heavy atom. The van der Waals surface area contributed by atoms with Crippen LogP contribution in [0.2, 0.25) is 10.0 Å². The van der Waals surface area contributed by atoms with Gasteiger partial charge < -0.3 is 10.1 Å². The van der Waals surface area contributed by atoms with Crippen LogP contribution in [0.15, 0.2) is 36.4 Å². The van der Waals surface area contributed by atoms with Gasteiger partial charge in [-0.2, -0.15) is 5.26 Å². The summed E-state index contributed by atoms with van der Waals surface area (Å²) in [4.78, 5) is 12.2. The molecule has 0 aliphatic carbocycles. The Balaban J connectivity index is 1.86. The summed E-state index contributed by atoms with van der Waals surface area (Å²) in [5.74, 6) is -0.441. The molecule has 6 heteroatoms. The number of rotatable bonds is 7. The lowest BCUT2D eigenvalue weighted by Crippen LogP contribution is -2.30. The highest BCUT2D eigenvalue weighted by Crippen LogP contribution is 2.26. The van der Waals surface area contributed by atoms with Crippen molar-refractivity contribution < 1.29 is 9.53 Å². The van der Waals surface area contributed by atoms with Crippen LogP contribution < -0.4 is 10.1 Å². The van der Waals surface area contributed by atoms with Crippen molar-refractivity contribution in [3.8, 4) is 11.8 Å². The molecule has 0 fully saturated rings. The van der Waals surface area contributed by atoms with Crippen LogP contribution in [0.25, 0.3) is 0 Å². The molecule has 0 aliphatic heterocycles. The van der Waals surface area contributed by atoms with E-state index in [0.29, 0.717) is 22.2 Å². The zero-order valence-corrected chi connectivity index (χ0v) is 16.2. The van der Waals surface area contributed by atoms with E-state index < -0.39 is 5.92 Å². The molecule has 1 N–H and O–H groups in total. The van der Waals surface area contributed by atoms with E-state index in [1.807, 2.05) is 50.2 Å². The van der Waals surface area contributed by atoms with E-state index in [0.717, 1.165) is 16.7 Å². The Hall–Kier alpha value is -2.22. The summed E-state index contributed by atoms with van der Waals surface area (Å²) < 4.78 is 5.68. The average molecular weight is 391 g/mol. The van der Waals surface area contributed by atoms with Crippen LogP contribution in [0.4, 0.5) is 0 Å². The number of halogens is 2. The van der Waals surface area contributed by atoms with Crippen molar-refractivity contribution >= 4 is 29.1 Å². The molecule has 0 saturated heterocycles. The van der Waals surface area contributed by atoms with Crippen LogP contribution in [0.5, 0.6) is 5.75 Å². The maximum Gasteiger partial charge on any atom is 0.237 e. The van der Waals surface area contributed by atoms with E-state index >= 15 is 0 Å². The van der Waals surface area contributed by atoms with Gasteiger partial charge in [0.2, 0.25) is 5.91 Å². The molecular weight excluding hydrogens is 371 g/mol. The molecule has 0 aliphatic rings. The maximum atomic E-state index is 12.2. The van der Waals surface area contributed by atoms with Crippen molar-refractivity contribution in [2.45, 2.75) is 26.8 Å². The van der Waals surface area contributed by atoms with Crippen molar-refractivity contribution in [1.29, 1.82) is 5.26 Å². The molecule has 0 heterocycles. The second-order valence-electron chi connectivity index (χ2n) is 6.00. The van der Waals surface area contributed by atoms with Crippen LogP contribution in [0, 0.1) is 31.1 Å². The van der Waals surface area contributed by atoms with Gasteiger partial charge in [-0.05, 0) is 48.7 Å². The molecular formula is C20H20Cl2N2O2. The van der Waals surface area contributed by atoms with Gasteiger partial charge in [0.1, 0.15) is 11.7 Å². The largest absolute Gasteiger partial charge is 0.494 e. The van der Waals surface area contributed by atoms with Crippen LogP contribution in [-0.4, -0.2) is 12.5 Å².